The van der Waals surface area contributed by atoms with E-state index in [1.54, 1.807) is 4.52 Å². The number of nitrogen functional groups attached to an aromatic ring is 1. The molecule has 0 spiro atoms. The van der Waals surface area contributed by atoms with Gasteiger partial charge in [0.25, 0.3) is 0 Å². The fourth-order valence-electron chi connectivity index (χ4n) is 1.71. The van der Waals surface area contributed by atoms with E-state index in [1.165, 1.54) is 0 Å². The Morgan fingerprint density at radius 3 is 2.62 bits per heavy atom. The molecular formula is C12H10N4. The van der Waals surface area contributed by atoms with Gasteiger partial charge < -0.3 is 5.73 Å². The SMILES string of the molecule is Nc1nc2cc(-c3ccccc3)ccn2n1. The molecule has 0 amide bonds. The van der Waals surface area contributed by atoms with Crippen LogP contribution in [0.15, 0.2) is 48.7 Å². The monoisotopic (exact) mass is 210 g/mol. The summed E-state index contributed by atoms with van der Waals surface area (Å²) in [6.07, 6.45) is 1.86. The van der Waals surface area contributed by atoms with Crippen LogP contribution in [-0.4, -0.2) is 14.6 Å². The normalized spacial score (nSPS) is 10.8. The summed E-state index contributed by atoms with van der Waals surface area (Å²) in [4.78, 5) is 4.13. The maximum atomic E-state index is 5.54. The van der Waals surface area contributed by atoms with Gasteiger partial charge in [-0.1, -0.05) is 30.3 Å². The molecule has 4 heteroatoms. The van der Waals surface area contributed by atoms with Gasteiger partial charge in [-0.25, -0.2) is 4.52 Å². The zero-order valence-corrected chi connectivity index (χ0v) is 8.54. The minimum absolute atomic E-state index is 0.296. The van der Waals surface area contributed by atoms with E-state index in [4.69, 9.17) is 5.73 Å². The van der Waals surface area contributed by atoms with Crippen molar-refractivity contribution in [1.82, 2.24) is 14.6 Å². The molecule has 0 saturated heterocycles. The third-order valence-corrected chi connectivity index (χ3v) is 2.46. The van der Waals surface area contributed by atoms with Gasteiger partial charge in [-0.3, -0.25) is 0 Å². The summed E-state index contributed by atoms with van der Waals surface area (Å²) >= 11 is 0. The van der Waals surface area contributed by atoms with Crippen molar-refractivity contribution in [1.29, 1.82) is 0 Å². The summed E-state index contributed by atoms with van der Waals surface area (Å²) in [5, 5.41) is 4.03. The second-order valence-electron chi connectivity index (χ2n) is 3.55. The Bertz CT molecular complexity index is 628. The number of benzene rings is 1. The number of hydrogen-bond acceptors (Lipinski definition) is 3. The lowest BCUT2D eigenvalue weighted by molar-refractivity contribution is 0.968. The van der Waals surface area contributed by atoms with E-state index >= 15 is 0 Å². The third kappa shape index (κ3) is 1.40. The van der Waals surface area contributed by atoms with Crippen molar-refractivity contribution in [3.05, 3.63) is 48.7 Å². The largest absolute Gasteiger partial charge is 0.366 e. The van der Waals surface area contributed by atoms with Gasteiger partial charge in [0, 0.05) is 6.20 Å². The summed E-state index contributed by atoms with van der Waals surface area (Å²) in [7, 11) is 0. The second-order valence-corrected chi connectivity index (χ2v) is 3.55. The van der Waals surface area contributed by atoms with Crippen molar-refractivity contribution >= 4 is 11.6 Å². The Morgan fingerprint density at radius 2 is 1.81 bits per heavy atom. The molecule has 2 aromatic heterocycles. The van der Waals surface area contributed by atoms with Crippen LogP contribution in [0, 0.1) is 0 Å². The Labute approximate surface area is 92.4 Å². The van der Waals surface area contributed by atoms with Crippen LogP contribution in [0.25, 0.3) is 16.8 Å². The number of anilines is 1. The summed E-state index contributed by atoms with van der Waals surface area (Å²) in [6, 6.07) is 14.1. The number of fused-ring (bicyclic) bond motifs is 1. The molecule has 78 valence electrons. The molecule has 0 bridgehead atoms. The van der Waals surface area contributed by atoms with Crippen LogP contribution in [0.1, 0.15) is 0 Å². The second kappa shape index (κ2) is 3.34. The predicted octanol–water partition coefficient (Wildman–Crippen LogP) is 1.98. The van der Waals surface area contributed by atoms with Crippen molar-refractivity contribution < 1.29 is 0 Å². The number of hydrogen-bond donors (Lipinski definition) is 1. The molecule has 0 aliphatic heterocycles. The lowest BCUT2D eigenvalue weighted by Gasteiger charge is -2.00. The third-order valence-electron chi connectivity index (χ3n) is 2.46. The van der Waals surface area contributed by atoms with Crippen LogP contribution in [0.3, 0.4) is 0 Å². The molecule has 0 fully saturated rings. The van der Waals surface area contributed by atoms with Gasteiger partial charge in [-0.2, -0.15) is 4.98 Å². The van der Waals surface area contributed by atoms with Crippen molar-refractivity contribution in [2.75, 3.05) is 5.73 Å². The molecule has 0 radical (unpaired) electrons. The summed E-state index contributed by atoms with van der Waals surface area (Å²) < 4.78 is 1.67. The standard InChI is InChI=1S/C12H10N4/c13-12-14-11-8-10(6-7-16(11)15-12)9-4-2-1-3-5-9/h1-8H,(H2,13,15). The molecule has 4 nitrogen and oxygen atoms in total. The van der Waals surface area contributed by atoms with Gasteiger partial charge in [-0.15, -0.1) is 5.10 Å². The van der Waals surface area contributed by atoms with Crippen LogP contribution in [-0.2, 0) is 0 Å². The molecular weight excluding hydrogens is 200 g/mol. The highest BCUT2D eigenvalue weighted by atomic mass is 15.3. The van der Waals surface area contributed by atoms with Gasteiger partial charge in [0.05, 0.1) is 0 Å². The van der Waals surface area contributed by atoms with E-state index in [9.17, 15) is 0 Å². The highest BCUT2D eigenvalue weighted by molar-refractivity contribution is 5.67. The minimum atomic E-state index is 0.296. The average Bonchev–Trinajstić information content (AvgIpc) is 2.69. The van der Waals surface area contributed by atoms with Crippen LogP contribution >= 0.6 is 0 Å². The molecule has 0 atom stereocenters. The molecule has 1 aromatic carbocycles. The zero-order valence-electron chi connectivity index (χ0n) is 8.54. The lowest BCUT2D eigenvalue weighted by Crippen LogP contribution is -1.88. The maximum Gasteiger partial charge on any atom is 0.240 e. The number of rotatable bonds is 1. The van der Waals surface area contributed by atoms with E-state index in [2.05, 4.69) is 22.2 Å². The maximum absolute atomic E-state index is 5.54. The Morgan fingerprint density at radius 1 is 1.00 bits per heavy atom. The molecule has 0 aliphatic rings. The van der Waals surface area contributed by atoms with Gasteiger partial charge in [0.15, 0.2) is 5.65 Å². The quantitative estimate of drug-likeness (QED) is 0.668. The highest BCUT2D eigenvalue weighted by Gasteiger charge is 2.02. The van der Waals surface area contributed by atoms with Gasteiger partial charge in [0.1, 0.15) is 0 Å². The lowest BCUT2D eigenvalue weighted by atomic mass is 10.1. The number of nitrogens with two attached hydrogens (primary N) is 1. The van der Waals surface area contributed by atoms with Crippen molar-refractivity contribution in [2.45, 2.75) is 0 Å². The Kier molecular flexibility index (Phi) is 1.86. The summed E-state index contributed by atoms with van der Waals surface area (Å²) in [5.41, 5.74) is 8.57. The predicted molar refractivity (Wildman–Crippen MR) is 62.8 cm³/mol. The topological polar surface area (TPSA) is 56.2 Å². The molecule has 0 saturated carbocycles. The van der Waals surface area contributed by atoms with Crippen molar-refractivity contribution in [3.63, 3.8) is 0 Å². The molecule has 3 aromatic rings. The Hall–Kier alpha value is -2.36. The first-order chi connectivity index (χ1) is 7.83. The summed E-state index contributed by atoms with van der Waals surface area (Å²) in [5.74, 6) is 0.296. The van der Waals surface area contributed by atoms with E-state index in [0.29, 0.717) is 5.95 Å². The van der Waals surface area contributed by atoms with Crippen LogP contribution < -0.4 is 5.73 Å². The number of pyridine rings is 1. The number of aromatic nitrogens is 3. The van der Waals surface area contributed by atoms with Crippen LogP contribution in [0.2, 0.25) is 0 Å². The van der Waals surface area contributed by atoms with E-state index in [1.807, 2.05) is 36.5 Å². The first-order valence-corrected chi connectivity index (χ1v) is 5.00. The number of nitrogens with zero attached hydrogens (tertiary/aromatic N) is 3. The summed E-state index contributed by atoms with van der Waals surface area (Å²) in [6.45, 7) is 0. The fourth-order valence-corrected chi connectivity index (χ4v) is 1.71. The fraction of sp³-hybridized carbons (Fsp3) is 0. The van der Waals surface area contributed by atoms with Crippen molar-refractivity contribution in [3.8, 4) is 11.1 Å². The van der Waals surface area contributed by atoms with E-state index < -0.39 is 0 Å². The molecule has 16 heavy (non-hydrogen) atoms. The molecule has 0 unspecified atom stereocenters. The van der Waals surface area contributed by atoms with E-state index in [-0.39, 0.29) is 0 Å². The molecule has 0 aliphatic carbocycles. The smallest absolute Gasteiger partial charge is 0.240 e. The minimum Gasteiger partial charge on any atom is -0.366 e. The Balaban J connectivity index is 2.18. The van der Waals surface area contributed by atoms with Crippen LogP contribution in [0.5, 0.6) is 0 Å². The van der Waals surface area contributed by atoms with Gasteiger partial charge in [0.2, 0.25) is 5.95 Å². The van der Waals surface area contributed by atoms with E-state index in [0.717, 1.165) is 16.8 Å². The van der Waals surface area contributed by atoms with Crippen molar-refractivity contribution in [2.24, 2.45) is 0 Å². The zero-order chi connectivity index (χ0) is 11.0. The first kappa shape index (κ1) is 8.91. The van der Waals surface area contributed by atoms with Gasteiger partial charge >= 0.3 is 0 Å². The molecule has 2 N–H and O–H groups in total. The first-order valence-electron chi connectivity index (χ1n) is 5.00. The molecule has 3 rings (SSSR count). The van der Waals surface area contributed by atoms with Gasteiger partial charge in [-0.05, 0) is 23.3 Å². The molecule has 2 heterocycles. The average molecular weight is 210 g/mol. The highest BCUT2D eigenvalue weighted by Crippen LogP contribution is 2.19. The van der Waals surface area contributed by atoms with Crippen LogP contribution in [0.4, 0.5) is 5.95 Å².